The number of para-hydroxylation sites is 1. The van der Waals surface area contributed by atoms with Crippen LogP contribution in [0.3, 0.4) is 0 Å². The quantitative estimate of drug-likeness (QED) is 0.697. The van der Waals surface area contributed by atoms with Crippen molar-refractivity contribution in [1.82, 2.24) is 14.9 Å². The van der Waals surface area contributed by atoms with Crippen molar-refractivity contribution >= 4 is 10.9 Å². The van der Waals surface area contributed by atoms with Crippen LogP contribution in [-0.4, -0.2) is 39.7 Å². The summed E-state index contributed by atoms with van der Waals surface area (Å²) in [7, 11) is 0. The molecule has 0 spiro atoms. The van der Waals surface area contributed by atoms with E-state index in [1.54, 1.807) is 6.07 Å². The number of aromatic nitrogens is 2. The molecule has 0 aliphatic heterocycles. The summed E-state index contributed by atoms with van der Waals surface area (Å²) in [6.45, 7) is 2.18. The molecule has 0 fully saturated rings. The van der Waals surface area contributed by atoms with E-state index in [0.29, 0.717) is 29.7 Å². The van der Waals surface area contributed by atoms with E-state index in [-0.39, 0.29) is 12.2 Å². The van der Waals surface area contributed by atoms with Crippen molar-refractivity contribution in [1.29, 1.82) is 0 Å². The normalized spacial score (nSPS) is 11.2. The molecule has 0 bridgehead atoms. The Morgan fingerprint density at radius 1 is 1.00 bits per heavy atom. The van der Waals surface area contributed by atoms with Gasteiger partial charge in [-0.2, -0.15) is 0 Å². The van der Waals surface area contributed by atoms with Crippen LogP contribution in [0.25, 0.3) is 10.9 Å². The Morgan fingerprint density at radius 3 is 2.54 bits per heavy atom. The Hall–Kier alpha value is -2.50. The first-order valence-electron chi connectivity index (χ1n) is 8.11. The zero-order chi connectivity index (χ0) is 16.8. The van der Waals surface area contributed by atoms with E-state index in [2.05, 4.69) is 27.0 Å². The zero-order valence-corrected chi connectivity index (χ0v) is 13.5. The molecular weight excluding hydrogens is 302 g/mol. The number of fused-ring (bicyclic) bond motifs is 1. The molecule has 2 aromatic carbocycles. The number of aromatic amines is 1. The van der Waals surface area contributed by atoms with Gasteiger partial charge in [-0.1, -0.05) is 42.5 Å². The van der Waals surface area contributed by atoms with Crippen LogP contribution in [0.2, 0.25) is 0 Å². The molecule has 124 valence electrons. The number of nitrogens with one attached hydrogen (secondary N) is 1. The van der Waals surface area contributed by atoms with Gasteiger partial charge < -0.3 is 10.1 Å². The molecule has 0 aliphatic rings. The third kappa shape index (κ3) is 4.07. The highest BCUT2D eigenvalue weighted by molar-refractivity contribution is 5.77. The molecule has 3 rings (SSSR count). The number of H-pyrrole nitrogens is 1. The lowest BCUT2D eigenvalue weighted by atomic mass is 10.2. The maximum Gasteiger partial charge on any atom is 0.258 e. The van der Waals surface area contributed by atoms with E-state index < -0.39 is 0 Å². The highest BCUT2D eigenvalue weighted by atomic mass is 16.3. The van der Waals surface area contributed by atoms with E-state index in [4.69, 9.17) is 0 Å². The smallest absolute Gasteiger partial charge is 0.258 e. The topological polar surface area (TPSA) is 69.2 Å². The van der Waals surface area contributed by atoms with Crippen molar-refractivity contribution in [3.8, 4) is 0 Å². The van der Waals surface area contributed by atoms with Crippen molar-refractivity contribution in [2.24, 2.45) is 0 Å². The SMILES string of the molecule is O=c1[nH]c(CCN(CCO)Cc2ccccc2)nc2ccccc12. The molecule has 24 heavy (non-hydrogen) atoms. The lowest BCUT2D eigenvalue weighted by Crippen LogP contribution is -2.29. The first kappa shape index (κ1) is 16.4. The monoisotopic (exact) mass is 323 g/mol. The first-order valence-corrected chi connectivity index (χ1v) is 8.11. The lowest BCUT2D eigenvalue weighted by Gasteiger charge is -2.21. The van der Waals surface area contributed by atoms with Crippen LogP contribution in [0.4, 0.5) is 0 Å². The Bertz CT molecular complexity index is 846. The van der Waals surface area contributed by atoms with Gasteiger partial charge >= 0.3 is 0 Å². The predicted octanol–water partition coefficient (Wildman–Crippen LogP) is 1.96. The highest BCUT2D eigenvalue weighted by Gasteiger charge is 2.08. The average molecular weight is 323 g/mol. The summed E-state index contributed by atoms with van der Waals surface area (Å²) in [5.41, 5.74) is 1.81. The van der Waals surface area contributed by atoms with Gasteiger partial charge in [0.15, 0.2) is 0 Å². The molecule has 0 atom stereocenters. The Balaban J connectivity index is 1.71. The summed E-state index contributed by atoms with van der Waals surface area (Å²) in [6, 6.07) is 17.5. The molecule has 0 amide bonds. The van der Waals surface area contributed by atoms with Gasteiger partial charge in [-0.15, -0.1) is 0 Å². The van der Waals surface area contributed by atoms with Crippen LogP contribution >= 0.6 is 0 Å². The number of hydrogen-bond donors (Lipinski definition) is 2. The largest absolute Gasteiger partial charge is 0.395 e. The van der Waals surface area contributed by atoms with E-state index in [1.807, 2.05) is 36.4 Å². The first-order chi connectivity index (χ1) is 11.8. The molecule has 0 aliphatic carbocycles. The summed E-state index contributed by atoms with van der Waals surface area (Å²) < 4.78 is 0. The molecule has 2 N–H and O–H groups in total. The standard InChI is InChI=1S/C19H21N3O2/c23-13-12-22(14-15-6-2-1-3-7-15)11-10-18-20-17-9-5-4-8-16(17)19(24)21-18/h1-9,23H,10-14H2,(H,20,21,24). The number of benzene rings is 2. The van der Waals surface area contributed by atoms with Crippen molar-refractivity contribution in [2.45, 2.75) is 13.0 Å². The van der Waals surface area contributed by atoms with Crippen molar-refractivity contribution < 1.29 is 5.11 Å². The van der Waals surface area contributed by atoms with Gasteiger partial charge in [0.25, 0.3) is 5.56 Å². The van der Waals surface area contributed by atoms with Gasteiger partial charge in [0.1, 0.15) is 5.82 Å². The number of rotatable bonds is 7. The predicted molar refractivity (Wildman–Crippen MR) is 94.9 cm³/mol. The fraction of sp³-hybridized carbons (Fsp3) is 0.263. The van der Waals surface area contributed by atoms with E-state index >= 15 is 0 Å². The van der Waals surface area contributed by atoms with Crippen LogP contribution in [-0.2, 0) is 13.0 Å². The van der Waals surface area contributed by atoms with Crippen LogP contribution in [0.5, 0.6) is 0 Å². The Labute approximate surface area is 140 Å². The molecule has 1 heterocycles. The number of aliphatic hydroxyl groups excluding tert-OH is 1. The summed E-state index contributed by atoms with van der Waals surface area (Å²) >= 11 is 0. The minimum atomic E-state index is -0.104. The van der Waals surface area contributed by atoms with Gasteiger partial charge in [0.2, 0.25) is 0 Å². The maximum atomic E-state index is 12.1. The van der Waals surface area contributed by atoms with Crippen LogP contribution in [0.15, 0.2) is 59.4 Å². The average Bonchev–Trinajstić information content (AvgIpc) is 2.61. The minimum Gasteiger partial charge on any atom is -0.395 e. The van der Waals surface area contributed by atoms with Crippen LogP contribution in [0.1, 0.15) is 11.4 Å². The maximum absolute atomic E-state index is 12.1. The van der Waals surface area contributed by atoms with E-state index in [0.717, 1.165) is 13.1 Å². The summed E-state index contributed by atoms with van der Waals surface area (Å²) in [4.78, 5) is 21.7. The molecule has 1 aromatic heterocycles. The van der Waals surface area contributed by atoms with Crippen LogP contribution < -0.4 is 5.56 Å². The minimum absolute atomic E-state index is 0.104. The Kier molecular flexibility index (Phi) is 5.36. The number of aliphatic hydroxyl groups is 1. The lowest BCUT2D eigenvalue weighted by molar-refractivity contribution is 0.191. The van der Waals surface area contributed by atoms with Gasteiger partial charge in [-0.25, -0.2) is 4.98 Å². The third-order valence-electron chi connectivity index (χ3n) is 3.99. The second-order valence-electron chi connectivity index (χ2n) is 5.77. The summed E-state index contributed by atoms with van der Waals surface area (Å²) in [5, 5.41) is 9.89. The van der Waals surface area contributed by atoms with Crippen LogP contribution in [0, 0.1) is 0 Å². The number of hydrogen-bond acceptors (Lipinski definition) is 4. The highest BCUT2D eigenvalue weighted by Crippen LogP contribution is 2.08. The summed E-state index contributed by atoms with van der Waals surface area (Å²) in [5.74, 6) is 0.676. The molecule has 0 unspecified atom stereocenters. The molecule has 0 saturated carbocycles. The second-order valence-corrected chi connectivity index (χ2v) is 5.77. The van der Waals surface area contributed by atoms with Gasteiger partial charge in [-0.3, -0.25) is 9.69 Å². The van der Waals surface area contributed by atoms with E-state index in [9.17, 15) is 9.90 Å². The fourth-order valence-electron chi connectivity index (χ4n) is 2.77. The van der Waals surface area contributed by atoms with E-state index in [1.165, 1.54) is 5.56 Å². The zero-order valence-electron chi connectivity index (χ0n) is 13.5. The molecule has 0 radical (unpaired) electrons. The molecular formula is C19H21N3O2. The van der Waals surface area contributed by atoms with Gasteiger partial charge in [-0.05, 0) is 17.7 Å². The van der Waals surface area contributed by atoms with Gasteiger partial charge in [0, 0.05) is 26.1 Å². The molecule has 5 heteroatoms. The van der Waals surface area contributed by atoms with Crippen molar-refractivity contribution in [3.05, 3.63) is 76.3 Å². The fourth-order valence-corrected chi connectivity index (χ4v) is 2.77. The number of nitrogens with zero attached hydrogens (tertiary/aromatic N) is 2. The van der Waals surface area contributed by atoms with Crippen molar-refractivity contribution in [3.63, 3.8) is 0 Å². The third-order valence-corrected chi connectivity index (χ3v) is 3.99. The molecule has 3 aromatic rings. The second kappa shape index (κ2) is 7.86. The molecule has 5 nitrogen and oxygen atoms in total. The molecule has 0 saturated heterocycles. The summed E-state index contributed by atoms with van der Waals surface area (Å²) in [6.07, 6.45) is 0.632. The van der Waals surface area contributed by atoms with Crippen molar-refractivity contribution in [2.75, 3.05) is 19.7 Å². The van der Waals surface area contributed by atoms with Gasteiger partial charge in [0.05, 0.1) is 17.5 Å². The Morgan fingerprint density at radius 2 is 1.75 bits per heavy atom.